The van der Waals surface area contributed by atoms with E-state index >= 15 is 0 Å². The maximum absolute atomic E-state index is 5.42. The molecule has 1 aliphatic heterocycles. The third kappa shape index (κ3) is 2.95. The van der Waals surface area contributed by atoms with Gasteiger partial charge in [-0.05, 0) is 53.9 Å². The highest BCUT2D eigenvalue weighted by molar-refractivity contribution is 5.91. The molecule has 5 rings (SSSR count). The van der Waals surface area contributed by atoms with E-state index in [2.05, 4.69) is 28.1 Å². The Morgan fingerprint density at radius 3 is 2.64 bits per heavy atom. The summed E-state index contributed by atoms with van der Waals surface area (Å²) in [7, 11) is 1.71. The molecule has 0 bridgehead atoms. The quantitative estimate of drug-likeness (QED) is 0.541. The Labute approximate surface area is 163 Å². The van der Waals surface area contributed by atoms with Crippen molar-refractivity contribution in [1.82, 2.24) is 15.0 Å². The molecule has 1 aliphatic rings. The minimum atomic E-state index is 0.729. The standard InChI is InChI=1S/C23H20N4O/c1-28-19-7-6-16-10-13-27(15-18(16)14-19)23-20-4-2-3-5-21(20)25-22(26-23)17-8-11-24-12-9-17/h2-9,11-12,14H,10,13,15H2,1H3. The molecule has 5 heteroatoms. The highest BCUT2D eigenvalue weighted by Gasteiger charge is 2.21. The van der Waals surface area contributed by atoms with E-state index in [0.717, 1.165) is 53.4 Å². The molecule has 0 spiro atoms. The van der Waals surface area contributed by atoms with E-state index in [1.54, 1.807) is 19.5 Å². The van der Waals surface area contributed by atoms with Crippen molar-refractivity contribution in [3.05, 3.63) is 78.1 Å². The summed E-state index contributed by atoms with van der Waals surface area (Å²) in [4.78, 5) is 16.2. The van der Waals surface area contributed by atoms with Crippen LogP contribution in [0.1, 0.15) is 11.1 Å². The van der Waals surface area contributed by atoms with Crippen LogP contribution < -0.4 is 9.64 Å². The molecule has 0 saturated heterocycles. The lowest BCUT2D eigenvalue weighted by molar-refractivity contribution is 0.413. The van der Waals surface area contributed by atoms with Crippen molar-refractivity contribution in [2.45, 2.75) is 13.0 Å². The first-order chi connectivity index (χ1) is 13.8. The molecule has 5 nitrogen and oxygen atoms in total. The van der Waals surface area contributed by atoms with Gasteiger partial charge in [-0.25, -0.2) is 9.97 Å². The number of hydrogen-bond acceptors (Lipinski definition) is 5. The van der Waals surface area contributed by atoms with E-state index < -0.39 is 0 Å². The van der Waals surface area contributed by atoms with E-state index in [9.17, 15) is 0 Å². The summed E-state index contributed by atoms with van der Waals surface area (Å²) in [6.07, 6.45) is 4.54. The molecular weight excluding hydrogens is 348 g/mol. The monoisotopic (exact) mass is 368 g/mol. The number of para-hydroxylation sites is 1. The summed E-state index contributed by atoms with van der Waals surface area (Å²) in [5.41, 5.74) is 4.60. The minimum absolute atomic E-state index is 0.729. The van der Waals surface area contributed by atoms with Crippen LogP contribution in [0.15, 0.2) is 67.0 Å². The highest BCUT2D eigenvalue weighted by Crippen LogP contribution is 2.32. The topological polar surface area (TPSA) is 51.1 Å². The van der Waals surface area contributed by atoms with Gasteiger partial charge in [-0.15, -0.1) is 0 Å². The number of ether oxygens (including phenoxy) is 1. The molecular formula is C23H20N4O. The molecule has 0 aliphatic carbocycles. The van der Waals surface area contributed by atoms with Gasteiger partial charge in [0.1, 0.15) is 11.6 Å². The van der Waals surface area contributed by atoms with Crippen molar-refractivity contribution in [2.75, 3.05) is 18.6 Å². The second kappa shape index (κ2) is 6.93. The number of benzene rings is 2. The predicted molar refractivity (Wildman–Crippen MR) is 111 cm³/mol. The first kappa shape index (κ1) is 16.7. The number of nitrogens with zero attached hydrogens (tertiary/aromatic N) is 4. The van der Waals surface area contributed by atoms with Crippen molar-refractivity contribution < 1.29 is 4.74 Å². The van der Waals surface area contributed by atoms with E-state index in [4.69, 9.17) is 14.7 Å². The molecule has 0 fully saturated rings. The summed E-state index contributed by atoms with van der Waals surface area (Å²) in [5, 5.41) is 1.08. The summed E-state index contributed by atoms with van der Waals surface area (Å²) in [6.45, 7) is 1.74. The normalized spacial score (nSPS) is 13.4. The van der Waals surface area contributed by atoms with Crippen LogP contribution in [0.2, 0.25) is 0 Å². The number of methoxy groups -OCH3 is 1. The SMILES string of the molecule is COc1ccc2c(c1)CN(c1nc(-c3ccncc3)nc3ccccc13)CC2. The third-order valence-corrected chi connectivity index (χ3v) is 5.25. The van der Waals surface area contributed by atoms with Gasteiger partial charge in [-0.2, -0.15) is 0 Å². The minimum Gasteiger partial charge on any atom is -0.497 e. The van der Waals surface area contributed by atoms with E-state index in [-0.39, 0.29) is 0 Å². The zero-order valence-corrected chi connectivity index (χ0v) is 15.7. The van der Waals surface area contributed by atoms with Gasteiger partial charge in [0.15, 0.2) is 5.82 Å². The smallest absolute Gasteiger partial charge is 0.162 e. The van der Waals surface area contributed by atoms with Crippen LogP contribution in [0.3, 0.4) is 0 Å². The van der Waals surface area contributed by atoms with Gasteiger partial charge in [-0.3, -0.25) is 4.98 Å². The summed E-state index contributed by atoms with van der Waals surface area (Å²) >= 11 is 0. The Morgan fingerprint density at radius 1 is 0.929 bits per heavy atom. The van der Waals surface area contributed by atoms with E-state index in [0.29, 0.717) is 0 Å². The second-order valence-corrected chi connectivity index (χ2v) is 6.93. The van der Waals surface area contributed by atoms with Gasteiger partial charge in [0, 0.05) is 36.4 Å². The van der Waals surface area contributed by atoms with Crippen molar-refractivity contribution in [2.24, 2.45) is 0 Å². The molecule has 2 aromatic carbocycles. The second-order valence-electron chi connectivity index (χ2n) is 6.93. The Hall–Kier alpha value is -3.47. The molecule has 0 N–H and O–H groups in total. The number of anilines is 1. The number of fused-ring (bicyclic) bond motifs is 2. The highest BCUT2D eigenvalue weighted by atomic mass is 16.5. The average molecular weight is 368 g/mol. The molecule has 0 amide bonds. The first-order valence-electron chi connectivity index (χ1n) is 9.40. The summed E-state index contributed by atoms with van der Waals surface area (Å²) in [6, 6.07) is 18.5. The molecule has 0 atom stereocenters. The maximum Gasteiger partial charge on any atom is 0.162 e. The van der Waals surface area contributed by atoms with Crippen molar-refractivity contribution in [1.29, 1.82) is 0 Å². The van der Waals surface area contributed by atoms with Crippen LogP contribution >= 0.6 is 0 Å². The zero-order chi connectivity index (χ0) is 18.9. The molecule has 138 valence electrons. The largest absolute Gasteiger partial charge is 0.497 e. The summed E-state index contributed by atoms with van der Waals surface area (Å²) < 4.78 is 5.42. The van der Waals surface area contributed by atoms with Crippen LogP contribution in [0.4, 0.5) is 5.82 Å². The fraction of sp³-hybridized carbons (Fsp3) is 0.174. The fourth-order valence-corrected chi connectivity index (χ4v) is 3.77. The fourth-order valence-electron chi connectivity index (χ4n) is 3.77. The van der Waals surface area contributed by atoms with E-state index in [1.165, 1.54) is 11.1 Å². The summed E-state index contributed by atoms with van der Waals surface area (Å²) in [5.74, 6) is 2.60. The van der Waals surface area contributed by atoms with Crippen LogP contribution in [0.25, 0.3) is 22.3 Å². The number of hydrogen-bond donors (Lipinski definition) is 0. The van der Waals surface area contributed by atoms with Crippen molar-refractivity contribution in [3.8, 4) is 17.1 Å². The number of pyridine rings is 1. The first-order valence-corrected chi connectivity index (χ1v) is 9.40. The van der Waals surface area contributed by atoms with Crippen molar-refractivity contribution >= 4 is 16.7 Å². The molecule has 28 heavy (non-hydrogen) atoms. The maximum atomic E-state index is 5.42. The number of aromatic nitrogens is 3. The van der Waals surface area contributed by atoms with Crippen LogP contribution in [-0.2, 0) is 13.0 Å². The van der Waals surface area contributed by atoms with E-state index in [1.807, 2.05) is 36.4 Å². The van der Waals surface area contributed by atoms with Gasteiger partial charge in [0.2, 0.25) is 0 Å². The van der Waals surface area contributed by atoms with Crippen LogP contribution in [0, 0.1) is 0 Å². The van der Waals surface area contributed by atoms with Gasteiger partial charge >= 0.3 is 0 Å². The molecule has 0 saturated carbocycles. The molecule has 2 aromatic heterocycles. The molecule has 3 heterocycles. The van der Waals surface area contributed by atoms with Gasteiger partial charge in [0.05, 0.1) is 12.6 Å². The Morgan fingerprint density at radius 2 is 1.79 bits per heavy atom. The molecule has 0 unspecified atom stereocenters. The van der Waals surface area contributed by atoms with Gasteiger partial charge < -0.3 is 9.64 Å². The Kier molecular flexibility index (Phi) is 4.13. The Balaban J connectivity index is 1.62. The predicted octanol–water partition coefficient (Wildman–Crippen LogP) is 4.26. The van der Waals surface area contributed by atoms with Crippen LogP contribution in [-0.4, -0.2) is 28.6 Å². The zero-order valence-electron chi connectivity index (χ0n) is 15.7. The lowest BCUT2D eigenvalue weighted by atomic mass is 9.99. The average Bonchev–Trinajstić information content (AvgIpc) is 2.78. The number of rotatable bonds is 3. The lowest BCUT2D eigenvalue weighted by Gasteiger charge is -2.31. The molecule has 4 aromatic rings. The van der Waals surface area contributed by atoms with Crippen LogP contribution in [0.5, 0.6) is 5.75 Å². The molecule has 0 radical (unpaired) electrons. The lowest BCUT2D eigenvalue weighted by Crippen LogP contribution is -2.31. The third-order valence-electron chi connectivity index (χ3n) is 5.25. The Bertz CT molecular complexity index is 1140. The van der Waals surface area contributed by atoms with Gasteiger partial charge in [-0.1, -0.05) is 18.2 Å². The van der Waals surface area contributed by atoms with Gasteiger partial charge in [0.25, 0.3) is 0 Å². The van der Waals surface area contributed by atoms with Crippen molar-refractivity contribution in [3.63, 3.8) is 0 Å².